The number of aryl methyl sites for hydroxylation is 1. The number of thioether (sulfide) groups is 1. The van der Waals surface area contributed by atoms with Crippen molar-refractivity contribution in [2.24, 2.45) is 0 Å². The first-order valence-electron chi connectivity index (χ1n) is 13.4. The molecule has 204 valence electrons. The first kappa shape index (κ1) is 27.4. The molecule has 5 rings (SSSR count). The maximum absolute atomic E-state index is 14.0. The summed E-state index contributed by atoms with van der Waals surface area (Å²) in [5.74, 6) is -0.422. The summed E-state index contributed by atoms with van der Waals surface area (Å²) in [6, 6.07) is 22.7. The smallest absolute Gasteiger partial charge is 0.337 e. The normalized spacial score (nSPS) is 11.3. The van der Waals surface area contributed by atoms with Crippen molar-refractivity contribution in [2.75, 3.05) is 12.9 Å². The van der Waals surface area contributed by atoms with Gasteiger partial charge in [0.05, 0.1) is 40.6 Å². The summed E-state index contributed by atoms with van der Waals surface area (Å²) >= 11 is 1.26. The molecule has 0 bridgehead atoms. The van der Waals surface area contributed by atoms with Gasteiger partial charge in [0, 0.05) is 24.0 Å². The van der Waals surface area contributed by atoms with Crippen LogP contribution in [0.1, 0.15) is 47.4 Å². The van der Waals surface area contributed by atoms with Crippen LogP contribution in [0.3, 0.4) is 0 Å². The Morgan fingerprint density at radius 1 is 0.925 bits per heavy atom. The number of benzene rings is 3. The van der Waals surface area contributed by atoms with Gasteiger partial charge in [0.25, 0.3) is 5.56 Å². The summed E-state index contributed by atoms with van der Waals surface area (Å²) in [5, 5.41) is 1.80. The standard InChI is InChI=1S/C32H31N3O4S/c1-4-6-18-35-30(37)23-17-16-22(31(38)39-3)19-25(23)33-32(35)40-20-27(36)28-24-14-10-11-15-26(24)34(5-2)29(28)21-12-8-7-9-13-21/h7-17,19H,4-6,18,20H2,1-3H3. The van der Waals surface area contributed by atoms with Gasteiger partial charge in [-0.25, -0.2) is 9.78 Å². The zero-order chi connectivity index (χ0) is 28.2. The summed E-state index contributed by atoms with van der Waals surface area (Å²) in [6.07, 6.45) is 1.71. The van der Waals surface area contributed by atoms with E-state index in [0.29, 0.717) is 33.7 Å². The fourth-order valence-corrected chi connectivity index (χ4v) is 5.98. The molecule has 0 saturated carbocycles. The van der Waals surface area contributed by atoms with Crippen LogP contribution in [0.2, 0.25) is 0 Å². The van der Waals surface area contributed by atoms with Crippen molar-refractivity contribution in [3.8, 4) is 11.3 Å². The molecule has 3 aromatic carbocycles. The SMILES string of the molecule is CCCCn1c(SCC(=O)c2c(-c3ccccc3)n(CC)c3ccccc23)nc2cc(C(=O)OC)ccc2c1=O. The number of carbonyl (C=O) groups is 2. The van der Waals surface area contributed by atoms with Gasteiger partial charge in [-0.1, -0.05) is 73.6 Å². The van der Waals surface area contributed by atoms with Gasteiger partial charge in [0.1, 0.15) is 0 Å². The number of esters is 1. The van der Waals surface area contributed by atoms with Gasteiger partial charge < -0.3 is 9.30 Å². The van der Waals surface area contributed by atoms with Crippen molar-refractivity contribution in [1.29, 1.82) is 0 Å². The van der Waals surface area contributed by atoms with Crippen LogP contribution in [-0.4, -0.2) is 38.7 Å². The molecule has 7 nitrogen and oxygen atoms in total. The number of para-hydroxylation sites is 1. The molecule has 2 heterocycles. The third-order valence-corrected chi connectivity index (χ3v) is 8.00. The number of methoxy groups -OCH3 is 1. The summed E-state index contributed by atoms with van der Waals surface area (Å²) < 4.78 is 8.67. The van der Waals surface area contributed by atoms with E-state index in [0.717, 1.165) is 41.5 Å². The number of hydrogen-bond acceptors (Lipinski definition) is 6. The van der Waals surface area contributed by atoms with E-state index in [2.05, 4.69) is 18.4 Å². The average Bonchev–Trinajstić information content (AvgIpc) is 3.33. The summed E-state index contributed by atoms with van der Waals surface area (Å²) in [6.45, 7) is 5.36. The first-order chi connectivity index (χ1) is 19.5. The van der Waals surface area contributed by atoms with E-state index in [9.17, 15) is 14.4 Å². The maximum Gasteiger partial charge on any atom is 0.337 e. The van der Waals surface area contributed by atoms with Gasteiger partial charge in [0.15, 0.2) is 10.9 Å². The molecule has 0 aliphatic carbocycles. The van der Waals surface area contributed by atoms with E-state index in [1.165, 1.54) is 18.9 Å². The molecular weight excluding hydrogens is 522 g/mol. The van der Waals surface area contributed by atoms with Crippen molar-refractivity contribution in [3.05, 3.63) is 94.3 Å². The molecule has 0 atom stereocenters. The molecular formula is C32H31N3O4S. The Balaban J connectivity index is 1.58. The molecule has 0 fully saturated rings. The van der Waals surface area contributed by atoms with Crippen molar-refractivity contribution >= 4 is 45.3 Å². The van der Waals surface area contributed by atoms with Crippen LogP contribution < -0.4 is 5.56 Å². The Hall–Kier alpha value is -4.17. The molecule has 0 radical (unpaired) electrons. The Morgan fingerprint density at radius 3 is 2.40 bits per heavy atom. The highest BCUT2D eigenvalue weighted by atomic mass is 32.2. The highest BCUT2D eigenvalue weighted by Crippen LogP contribution is 2.35. The van der Waals surface area contributed by atoms with Crippen LogP contribution in [-0.2, 0) is 17.8 Å². The Morgan fingerprint density at radius 2 is 1.68 bits per heavy atom. The number of ketones is 1. The van der Waals surface area contributed by atoms with Gasteiger partial charge in [-0.15, -0.1) is 0 Å². The largest absolute Gasteiger partial charge is 0.465 e. The number of ether oxygens (including phenoxy) is 1. The topological polar surface area (TPSA) is 83.2 Å². The molecule has 0 N–H and O–H groups in total. The molecule has 0 unspecified atom stereocenters. The molecule has 0 aliphatic rings. The zero-order valence-electron chi connectivity index (χ0n) is 22.8. The highest BCUT2D eigenvalue weighted by molar-refractivity contribution is 7.99. The van der Waals surface area contributed by atoms with Crippen LogP contribution >= 0.6 is 11.8 Å². The van der Waals surface area contributed by atoms with E-state index < -0.39 is 5.97 Å². The van der Waals surface area contributed by atoms with E-state index in [1.54, 1.807) is 22.8 Å². The van der Waals surface area contributed by atoms with Crippen molar-refractivity contribution < 1.29 is 14.3 Å². The van der Waals surface area contributed by atoms with Crippen LogP contribution in [0.4, 0.5) is 0 Å². The number of Topliss-reactive ketones (excluding diaryl/α,β-unsaturated/α-hetero) is 1. The molecule has 5 aromatic rings. The Kier molecular flexibility index (Phi) is 8.16. The predicted molar refractivity (Wildman–Crippen MR) is 160 cm³/mol. The van der Waals surface area contributed by atoms with E-state index in [1.807, 2.05) is 54.6 Å². The lowest BCUT2D eigenvalue weighted by molar-refractivity contribution is 0.0600. The van der Waals surface area contributed by atoms with Crippen LogP contribution in [0.15, 0.2) is 82.7 Å². The summed E-state index contributed by atoms with van der Waals surface area (Å²) in [7, 11) is 1.31. The molecule has 0 aliphatic heterocycles. The number of carbonyl (C=O) groups excluding carboxylic acids is 2. The predicted octanol–water partition coefficient (Wildman–Crippen LogP) is 6.60. The third-order valence-electron chi connectivity index (χ3n) is 7.02. The second-order valence-electron chi connectivity index (χ2n) is 9.49. The number of nitrogens with zero attached hydrogens (tertiary/aromatic N) is 3. The third kappa shape index (κ3) is 5.07. The van der Waals surface area contributed by atoms with Crippen LogP contribution in [0.25, 0.3) is 33.1 Å². The lowest BCUT2D eigenvalue weighted by Gasteiger charge is -2.14. The number of hydrogen-bond donors (Lipinski definition) is 0. The Bertz CT molecular complexity index is 1770. The molecule has 2 aromatic heterocycles. The lowest BCUT2D eigenvalue weighted by Crippen LogP contribution is -2.24. The molecule has 0 amide bonds. The molecule has 40 heavy (non-hydrogen) atoms. The average molecular weight is 554 g/mol. The quantitative estimate of drug-likeness (QED) is 0.0839. The number of unbranched alkanes of at least 4 members (excludes halogenated alkanes) is 1. The number of aromatic nitrogens is 3. The van der Waals surface area contributed by atoms with Crippen molar-refractivity contribution in [3.63, 3.8) is 0 Å². The van der Waals surface area contributed by atoms with Gasteiger partial charge in [0.2, 0.25) is 0 Å². The number of fused-ring (bicyclic) bond motifs is 2. The van der Waals surface area contributed by atoms with Gasteiger partial charge >= 0.3 is 5.97 Å². The van der Waals surface area contributed by atoms with E-state index in [-0.39, 0.29) is 17.1 Å². The minimum atomic E-state index is -0.496. The first-order valence-corrected chi connectivity index (χ1v) is 14.4. The summed E-state index contributed by atoms with van der Waals surface area (Å²) in [4.78, 5) is 44.3. The molecule has 8 heteroatoms. The second kappa shape index (κ2) is 11.9. The van der Waals surface area contributed by atoms with Crippen molar-refractivity contribution in [1.82, 2.24) is 14.1 Å². The van der Waals surface area contributed by atoms with E-state index >= 15 is 0 Å². The van der Waals surface area contributed by atoms with Gasteiger partial charge in [-0.2, -0.15) is 0 Å². The van der Waals surface area contributed by atoms with Crippen molar-refractivity contribution in [2.45, 2.75) is 44.9 Å². The minimum Gasteiger partial charge on any atom is -0.465 e. The minimum absolute atomic E-state index is 0.0352. The highest BCUT2D eigenvalue weighted by Gasteiger charge is 2.24. The van der Waals surface area contributed by atoms with Gasteiger partial charge in [-0.05, 0) is 43.2 Å². The monoisotopic (exact) mass is 553 g/mol. The van der Waals surface area contributed by atoms with Gasteiger partial charge in [-0.3, -0.25) is 14.2 Å². The number of rotatable bonds is 10. The fraction of sp³-hybridized carbons (Fsp3) is 0.250. The fourth-order valence-electron chi connectivity index (χ4n) is 5.08. The molecule has 0 saturated heterocycles. The zero-order valence-corrected chi connectivity index (χ0v) is 23.7. The molecule has 0 spiro atoms. The van der Waals surface area contributed by atoms with Crippen LogP contribution in [0, 0.1) is 0 Å². The van der Waals surface area contributed by atoms with E-state index in [4.69, 9.17) is 9.72 Å². The van der Waals surface area contributed by atoms with Crippen LogP contribution in [0.5, 0.6) is 0 Å². The Labute approximate surface area is 236 Å². The summed E-state index contributed by atoms with van der Waals surface area (Å²) in [5.41, 5.74) is 4.10. The second-order valence-corrected chi connectivity index (χ2v) is 10.4. The lowest BCUT2D eigenvalue weighted by atomic mass is 10.0. The maximum atomic E-state index is 14.0.